The van der Waals surface area contributed by atoms with Gasteiger partial charge in [-0.15, -0.1) is 11.8 Å². The van der Waals surface area contributed by atoms with Crippen LogP contribution < -0.4 is 10.5 Å². The van der Waals surface area contributed by atoms with Crippen LogP contribution in [0.5, 0.6) is 0 Å². The number of amides is 2. The van der Waals surface area contributed by atoms with E-state index in [-0.39, 0.29) is 16.4 Å². The zero-order valence-corrected chi connectivity index (χ0v) is 18.4. The molecule has 3 rings (SSSR count). The van der Waals surface area contributed by atoms with Crippen LogP contribution in [0.4, 0.5) is 5.69 Å². The van der Waals surface area contributed by atoms with Crippen molar-refractivity contribution in [3.05, 3.63) is 53.6 Å². The van der Waals surface area contributed by atoms with Crippen LogP contribution in [0.2, 0.25) is 0 Å². The van der Waals surface area contributed by atoms with E-state index in [0.717, 1.165) is 30.6 Å². The first-order valence-electron chi connectivity index (χ1n) is 9.72. The summed E-state index contributed by atoms with van der Waals surface area (Å²) in [6, 6.07) is 10.4. The number of rotatable bonds is 6. The van der Waals surface area contributed by atoms with Crippen LogP contribution in [-0.4, -0.2) is 44.5 Å². The van der Waals surface area contributed by atoms with E-state index in [0.29, 0.717) is 24.3 Å². The minimum absolute atomic E-state index is 0.0115. The number of primary amides is 1. The average Bonchev–Trinajstić information content (AvgIpc) is 3.02. The first kappa shape index (κ1) is 22.2. The van der Waals surface area contributed by atoms with Gasteiger partial charge >= 0.3 is 0 Å². The molecule has 0 spiro atoms. The highest BCUT2D eigenvalue weighted by Gasteiger charge is 2.23. The lowest BCUT2D eigenvalue weighted by Gasteiger charge is -2.22. The smallest absolute Gasteiger partial charge is 0.261 e. The first-order chi connectivity index (χ1) is 14.3. The van der Waals surface area contributed by atoms with Crippen molar-refractivity contribution in [1.29, 1.82) is 0 Å². The molecule has 9 heteroatoms. The molecule has 1 aliphatic heterocycles. The molecular weight excluding hydrogens is 422 g/mol. The van der Waals surface area contributed by atoms with Gasteiger partial charge in [0.05, 0.1) is 10.5 Å². The zero-order valence-electron chi connectivity index (χ0n) is 16.8. The van der Waals surface area contributed by atoms with Crippen molar-refractivity contribution in [2.75, 3.05) is 24.1 Å². The number of nitrogens with two attached hydrogens (primary N) is 1. The summed E-state index contributed by atoms with van der Waals surface area (Å²) in [5.74, 6) is -0.724. The van der Waals surface area contributed by atoms with Crippen molar-refractivity contribution in [2.24, 2.45) is 5.73 Å². The highest BCUT2D eigenvalue weighted by atomic mass is 32.2. The van der Waals surface area contributed by atoms with Gasteiger partial charge in [-0.3, -0.25) is 14.3 Å². The van der Waals surface area contributed by atoms with Crippen LogP contribution >= 0.6 is 11.8 Å². The maximum atomic E-state index is 13.1. The number of carbonyl (C=O) groups is 2. The second-order valence-corrected chi connectivity index (χ2v) is 9.65. The van der Waals surface area contributed by atoms with Gasteiger partial charge < -0.3 is 10.6 Å². The Kier molecular flexibility index (Phi) is 7.04. The lowest BCUT2D eigenvalue weighted by atomic mass is 10.2. The standard InChI is InChI=1S/C21H25N3O4S2/c1-29-19-11-10-17(14-18(19)21(26)24-12-4-2-3-5-13-24)30(27,28)23-16-8-6-15(7-9-16)20(22)25/h6-11,14,23H,2-5,12-13H2,1H3,(H2,22,25). The highest BCUT2D eigenvalue weighted by molar-refractivity contribution is 7.98. The van der Waals surface area contributed by atoms with Gasteiger partial charge in [0.15, 0.2) is 0 Å². The Morgan fingerprint density at radius 1 is 1.00 bits per heavy atom. The minimum Gasteiger partial charge on any atom is -0.366 e. The van der Waals surface area contributed by atoms with Gasteiger partial charge in [0.25, 0.3) is 15.9 Å². The molecule has 0 bridgehead atoms. The van der Waals surface area contributed by atoms with Crippen molar-refractivity contribution in [3.63, 3.8) is 0 Å². The van der Waals surface area contributed by atoms with Gasteiger partial charge in [0.1, 0.15) is 0 Å². The van der Waals surface area contributed by atoms with E-state index in [1.807, 2.05) is 11.2 Å². The van der Waals surface area contributed by atoms with Gasteiger partial charge in [-0.1, -0.05) is 12.8 Å². The fourth-order valence-electron chi connectivity index (χ4n) is 3.38. The molecule has 1 fully saturated rings. The summed E-state index contributed by atoms with van der Waals surface area (Å²) in [6.45, 7) is 1.38. The topological polar surface area (TPSA) is 110 Å². The number of nitrogens with zero attached hydrogens (tertiary/aromatic N) is 1. The van der Waals surface area contributed by atoms with E-state index in [1.165, 1.54) is 48.2 Å². The summed E-state index contributed by atoms with van der Waals surface area (Å²) in [7, 11) is -3.91. The summed E-state index contributed by atoms with van der Waals surface area (Å²) in [5.41, 5.74) is 6.19. The molecule has 0 radical (unpaired) electrons. The molecule has 0 atom stereocenters. The molecule has 1 saturated heterocycles. The largest absolute Gasteiger partial charge is 0.366 e. The molecule has 2 amide bonds. The Morgan fingerprint density at radius 2 is 1.63 bits per heavy atom. The maximum Gasteiger partial charge on any atom is 0.261 e. The van der Waals surface area contributed by atoms with Crippen LogP contribution in [0, 0.1) is 0 Å². The van der Waals surface area contributed by atoms with Crippen molar-refractivity contribution < 1.29 is 18.0 Å². The minimum atomic E-state index is -3.91. The lowest BCUT2D eigenvalue weighted by Crippen LogP contribution is -2.32. The number of carbonyl (C=O) groups excluding carboxylic acids is 2. The Hall–Kier alpha value is -2.52. The molecule has 0 aliphatic carbocycles. The van der Waals surface area contributed by atoms with Gasteiger partial charge in [-0.25, -0.2) is 8.42 Å². The molecule has 3 N–H and O–H groups in total. The van der Waals surface area contributed by atoms with Crippen molar-refractivity contribution >= 4 is 39.3 Å². The first-order valence-corrected chi connectivity index (χ1v) is 12.4. The number of sulfonamides is 1. The van der Waals surface area contributed by atoms with Crippen LogP contribution in [-0.2, 0) is 10.0 Å². The van der Waals surface area contributed by atoms with Crippen LogP contribution in [0.25, 0.3) is 0 Å². The number of nitrogens with one attached hydrogen (secondary N) is 1. The number of anilines is 1. The van der Waals surface area contributed by atoms with Crippen LogP contribution in [0.15, 0.2) is 52.3 Å². The predicted octanol–water partition coefficient (Wildman–Crippen LogP) is 3.32. The van der Waals surface area contributed by atoms with Crippen molar-refractivity contribution in [2.45, 2.75) is 35.5 Å². The molecule has 2 aromatic rings. The van der Waals surface area contributed by atoms with Crippen LogP contribution in [0.1, 0.15) is 46.4 Å². The third-order valence-corrected chi connectivity index (χ3v) is 7.20. The molecule has 1 aliphatic rings. The number of thioether (sulfide) groups is 1. The van der Waals surface area contributed by atoms with Gasteiger partial charge in [0, 0.05) is 29.2 Å². The summed E-state index contributed by atoms with van der Waals surface area (Å²) >= 11 is 1.41. The monoisotopic (exact) mass is 447 g/mol. The van der Waals surface area contributed by atoms with E-state index in [2.05, 4.69) is 4.72 Å². The van der Waals surface area contributed by atoms with E-state index in [4.69, 9.17) is 5.73 Å². The Bertz CT molecular complexity index is 1030. The third kappa shape index (κ3) is 5.14. The predicted molar refractivity (Wildman–Crippen MR) is 118 cm³/mol. The molecule has 0 saturated carbocycles. The molecule has 7 nitrogen and oxygen atoms in total. The van der Waals surface area contributed by atoms with Crippen LogP contribution in [0.3, 0.4) is 0 Å². The van der Waals surface area contributed by atoms with Gasteiger partial charge in [0.2, 0.25) is 5.91 Å². The van der Waals surface area contributed by atoms with Gasteiger partial charge in [-0.2, -0.15) is 0 Å². The highest BCUT2D eigenvalue weighted by Crippen LogP contribution is 2.27. The van der Waals surface area contributed by atoms with E-state index in [9.17, 15) is 18.0 Å². The molecular formula is C21H25N3O4S2. The second-order valence-electron chi connectivity index (χ2n) is 7.12. The SMILES string of the molecule is CSc1ccc(S(=O)(=O)Nc2ccc(C(N)=O)cc2)cc1C(=O)N1CCCCCC1. The molecule has 2 aromatic carbocycles. The Morgan fingerprint density at radius 3 is 2.20 bits per heavy atom. The van der Waals surface area contributed by atoms with E-state index >= 15 is 0 Å². The zero-order chi connectivity index (χ0) is 21.7. The van der Waals surface area contributed by atoms with Crippen molar-refractivity contribution in [3.8, 4) is 0 Å². The second kappa shape index (κ2) is 9.53. The Balaban J connectivity index is 1.88. The number of likely N-dealkylation sites (tertiary alicyclic amines) is 1. The molecule has 0 unspecified atom stereocenters. The Labute approximate surface area is 181 Å². The summed E-state index contributed by atoms with van der Waals surface area (Å²) in [4.78, 5) is 26.9. The summed E-state index contributed by atoms with van der Waals surface area (Å²) in [5, 5.41) is 0. The average molecular weight is 448 g/mol. The molecule has 1 heterocycles. The number of benzene rings is 2. The fourth-order valence-corrected chi connectivity index (χ4v) is 5.04. The van der Waals surface area contributed by atoms with E-state index < -0.39 is 15.9 Å². The lowest BCUT2D eigenvalue weighted by molar-refractivity contribution is 0.0757. The summed E-state index contributed by atoms with van der Waals surface area (Å²) in [6.07, 6.45) is 5.99. The fraction of sp³-hybridized carbons (Fsp3) is 0.333. The van der Waals surface area contributed by atoms with Crippen molar-refractivity contribution in [1.82, 2.24) is 4.90 Å². The number of hydrogen-bond acceptors (Lipinski definition) is 5. The molecule has 30 heavy (non-hydrogen) atoms. The normalized spacial score (nSPS) is 14.8. The molecule has 0 aromatic heterocycles. The number of hydrogen-bond donors (Lipinski definition) is 2. The van der Waals surface area contributed by atoms with Gasteiger partial charge in [-0.05, 0) is 61.6 Å². The summed E-state index contributed by atoms with van der Waals surface area (Å²) < 4.78 is 28.3. The third-order valence-electron chi connectivity index (χ3n) is 5.03. The maximum absolute atomic E-state index is 13.1. The van der Waals surface area contributed by atoms with E-state index in [1.54, 1.807) is 6.07 Å². The molecule has 160 valence electrons. The quantitative estimate of drug-likeness (QED) is 0.660.